The topological polar surface area (TPSA) is 60.2 Å². The zero-order chi connectivity index (χ0) is 23.1. The average Bonchev–Trinajstić information content (AvgIpc) is 3.18. The standard InChI is InChI=1S/C27H28N2O3/c1-17-7-11-19(12-8-17)24-28-26(3,4)22(31-24)15-21(30)16-23-27(5,6)29-25(32-23)20-13-9-18(2)10-14-20/h7-16H,1-6H3/b22-15+,23-16+. The Bertz CT molecular complexity index is 1080. The maximum atomic E-state index is 12.9. The van der Waals surface area contributed by atoms with E-state index in [1.165, 1.54) is 12.2 Å². The quantitative estimate of drug-likeness (QED) is 0.608. The Labute approximate surface area is 189 Å². The zero-order valence-electron chi connectivity index (χ0n) is 19.4. The summed E-state index contributed by atoms with van der Waals surface area (Å²) in [4.78, 5) is 22.2. The molecule has 2 aromatic rings. The van der Waals surface area contributed by atoms with Crippen LogP contribution in [0.4, 0.5) is 0 Å². The summed E-state index contributed by atoms with van der Waals surface area (Å²) in [5.74, 6) is 1.82. The van der Waals surface area contributed by atoms with Gasteiger partial charge in [0.2, 0.25) is 11.8 Å². The fraction of sp³-hybridized carbons (Fsp3) is 0.296. The van der Waals surface area contributed by atoms with Crippen molar-refractivity contribution < 1.29 is 14.3 Å². The first kappa shape index (κ1) is 21.8. The first-order chi connectivity index (χ1) is 15.0. The molecule has 2 aliphatic heterocycles. The molecule has 0 radical (unpaired) electrons. The van der Waals surface area contributed by atoms with Crippen LogP contribution in [-0.4, -0.2) is 28.7 Å². The molecule has 2 aromatic carbocycles. The van der Waals surface area contributed by atoms with E-state index < -0.39 is 11.1 Å². The minimum atomic E-state index is -0.635. The summed E-state index contributed by atoms with van der Waals surface area (Å²) in [7, 11) is 0. The SMILES string of the molecule is Cc1ccc(C2=NC(C)(C)/C(=C\C(=O)/C=C3/OC(c4ccc(C)cc4)=NC3(C)C)O2)cc1. The van der Waals surface area contributed by atoms with Crippen molar-refractivity contribution in [3.63, 3.8) is 0 Å². The van der Waals surface area contributed by atoms with Crippen molar-refractivity contribution in [2.75, 3.05) is 0 Å². The van der Waals surface area contributed by atoms with Gasteiger partial charge in [-0.1, -0.05) is 35.4 Å². The van der Waals surface area contributed by atoms with Crippen molar-refractivity contribution in [3.8, 4) is 0 Å². The second-order valence-electron chi connectivity index (χ2n) is 9.31. The molecule has 0 unspecified atom stereocenters. The number of carbonyl (C=O) groups excluding carboxylic acids is 1. The molecule has 5 nitrogen and oxygen atoms in total. The maximum absolute atomic E-state index is 12.9. The van der Waals surface area contributed by atoms with Crippen molar-refractivity contribution in [2.45, 2.75) is 52.6 Å². The van der Waals surface area contributed by atoms with E-state index in [-0.39, 0.29) is 5.78 Å². The Kier molecular flexibility index (Phi) is 5.37. The molecule has 0 amide bonds. The Morgan fingerprint density at radius 1 is 0.688 bits per heavy atom. The third-order valence-electron chi connectivity index (χ3n) is 5.53. The number of hydrogen-bond acceptors (Lipinski definition) is 5. The van der Waals surface area contributed by atoms with E-state index in [9.17, 15) is 4.79 Å². The zero-order valence-corrected chi connectivity index (χ0v) is 19.4. The van der Waals surface area contributed by atoms with E-state index in [1.54, 1.807) is 0 Å². The molecule has 32 heavy (non-hydrogen) atoms. The minimum absolute atomic E-state index is 0.225. The van der Waals surface area contributed by atoms with Gasteiger partial charge in [0.1, 0.15) is 22.6 Å². The van der Waals surface area contributed by atoms with Gasteiger partial charge in [-0.3, -0.25) is 4.79 Å². The molecule has 0 N–H and O–H groups in total. The molecular formula is C27H28N2O3. The molecule has 0 bridgehead atoms. The van der Waals surface area contributed by atoms with Gasteiger partial charge in [-0.05, 0) is 65.8 Å². The highest BCUT2D eigenvalue weighted by atomic mass is 16.5. The molecule has 2 aliphatic rings. The Morgan fingerprint density at radius 2 is 1.03 bits per heavy atom. The van der Waals surface area contributed by atoms with Gasteiger partial charge in [0.05, 0.1) is 0 Å². The summed E-state index contributed by atoms with van der Waals surface area (Å²) in [5, 5.41) is 0. The Hall–Kier alpha value is -3.47. The first-order valence-electron chi connectivity index (χ1n) is 10.7. The van der Waals surface area contributed by atoms with E-state index in [2.05, 4.69) is 9.98 Å². The highest BCUT2D eigenvalue weighted by Crippen LogP contribution is 2.33. The Morgan fingerprint density at radius 3 is 1.38 bits per heavy atom. The predicted octanol–water partition coefficient (Wildman–Crippen LogP) is 5.45. The van der Waals surface area contributed by atoms with Crippen LogP contribution in [0.5, 0.6) is 0 Å². The second-order valence-corrected chi connectivity index (χ2v) is 9.31. The molecule has 0 spiro atoms. The lowest BCUT2D eigenvalue weighted by molar-refractivity contribution is -0.110. The largest absolute Gasteiger partial charge is 0.440 e. The highest BCUT2D eigenvalue weighted by molar-refractivity contribution is 6.03. The van der Waals surface area contributed by atoms with E-state index in [4.69, 9.17) is 9.47 Å². The molecule has 5 heteroatoms. The third-order valence-corrected chi connectivity index (χ3v) is 5.53. The van der Waals surface area contributed by atoms with Gasteiger partial charge in [-0.2, -0.15) is 0 Å². The van der Waals surface area contributed by atoms with Gasteiger partial charge < -0.3 is 9.47 Å². The van der Waals surface area contributed by atoms with Crippen LogP contribution in [0.1, 0.15) is 49.9 Å². The van der Waals surface area contributed by atoms with Crippen molar-refractivity contribution in [1.82, 2.24) is 0 Å². The molecule has 0 fully saturated rings. The van der Waals surface area contributed by atoms with Crippen LogP contribution in [0.15, 0.2) is 82.2 Å². The van der Waals surface area contributed by atoms with Crippen molar-refractivity contribution in [2.24, 2.45) is 9.98 Å². The van der Waals surface area contributed by atoms with Crippen LogP contribution in [0.25, 0.3) is 0 Å². The smallest absolute Gasteiger partial charge is 0.222 e. The average molecular weight is 429 g/mol. The number of allylic oxidation sites excluding steroid dienone is 2. The van der Waals surface area contributed by atoms with Crippen molar-refractivity contribution >= 4 is 17.6 Å². The number of carbonyl (C=O) groups is 1. The van der Waals surface area contributed by atoms with Gasteiger partial charge in [0.25, 0.3) is 0 Å². The van der Waals surface area contributed by atoms with Crippen LogP contribution in [-0.2, 0) is 14.3 Å². The number of aliphatic imine (C=N–C) groups is 2. The summed E-state index contributed by atoms with van der Waals surface area (Å²) in [6, 6.07) is 15.9. The van der Waals surface area contributed by atoms with E-state index in [1.807, 2.05) is 90.1 Å². The van der Waals surface area contributed by atoms with Crippen LogP contribution >= 0.6 is 0 Å². The fourth-order valence-corrected chi connectivity index (χ4v) is 3.47. The lowest BCUT2D eigenvalue weighted by atomic mass is 10.0. The Balaban J connectivity index is 1.53. The lowest BCUT2D eigenvalue weighted by Crippen LogP contribution is -2.19. The van der Waals surface area contributed by atoms with Crippen LogP contribution in [0.3, 0.4) is 0 Å². The summed E-state index contributed by atoms with van der Waals surface area (Å²) in [6.45, 7) is 11.8. The summed E-state index contributed by atoms with van der Waals surface area (Å²) in [5.41, 5.74) is 2.82. The number of ether oxygens (including phenoxy) is 2. The summed E-state index contributed by atoms with van der Waals surface area (Å²) < 4.78 is 12.0. The van der Waals surface area contributed by atoms with Gasteiger partial charge in [-0.25, -0.2) is 9.98 Å². The lowest BCUT2D eigenvalue weighted by Gasteiger charge is -2.15. The number of benzene rings is 2. The third kappa shape index (κ3) is 4.42. The highest BCUT2D eigenvalue weighted by Gasteiger charge is 2.36. The number of aryl methyl sites for hydroxylation is 2. The van der Waals surface area contributed by atoms with Gasteiger partial charge in [0.15, 0.2) is 5.78 Å². The molecule has 4 rings (SSSR count). The van der Waals surface area contributed by atoms with Crippen molar-refractivity contribution in [1.29, 1.82) is 0 Å². The number of nitrogens with zero attached hydrogens (tertiary/aromatic N) is 2. The van der Waals surface area contributed by atoms with E-state index in [0.29, 0.717) is 23.3 Å². The molecule has 0 aliphatic carbocycles. The number of ketones is 1. The molecule has 0 atom stereocenters. The summed E-state index contributed by atoms with van der Waals surface area (Å²) >= 11 is 0. The fourth-order valence-electron chi connectivity index (χ4n) is 3.47. The van der Waals surface area contributed by atoms with Gasteiger partial charge in [0, 0.05) is 23.3 Å². The second kappa shape index (κ2) is 7.90. The first-order valence-corrected chi connectivity index (χ1v) is 10.7. The van der Waals surface area contributed by atoms with Crippen LogP contribution in [0, 0.1) is 13.8 Å². The minimum Gasteiger partial charge on any atom is -0.440 e. The van der Waals surface area contributed by atoms with Crippen LogP contribution < -0.4 is 0 Å². The molecular weight excluding hydrogens is 400 g/mol. The number of rotatable bonds is 4. The van der Waals surface area contributed by atoms with E-state index in [0.717, 1.165) is 22.3 Å². The normalized spacial score (nSPS) is 21.2. The molecule has 2 heterocycles. The van der Waals surface area contributed by atoms with Crippen LogP contribution in [0.2, 0.25) is 0 Å². The monoisotopic (exact) mass is 428 g/mol. The molecule has 0 saturated heterocycles. The van der Waals surface area contributed by atoms with Gasteiger partial charge in [-0.15, -0.1) is 0 Å². The maximum Gasteiger partial charge on any atom is 0.222 e. The molecule has 164 valence electrons. The predicted molar refractivity (Wildman–Crippen MR) is 127 cm³/mol. The van der Waals surface area contributed by atoms with Gasteiger partial charge >= 0.3 is 0 Å². The summed E-state index contributed by atoms with van der Waals surface area (Å²) in [6.07, 6.45) is 2.97. The number of hydrogen-bond donors (Lipinski definition) is 0. The molecule has 0 saturated carbocycles. The van der Waals surface area contributed by atoms with E-state index >= 15 is 0 Å². The molecule has 0 aromatic heterocycles. The van der Waals surface area contributed by atoms with Crippen molar-refractivity contribution in [3.05, 3.63) is 94.5 Å².